The first-order valence-electron chi connectivity index (χ1n) is 12.5. The van der Waals surface area contributed by atoms with Gasteiger partial charge in [-0.25, -0.2) is 4.79 Å². The third-order valence-corrected chi connectivity index (χ3v) is 6.63. The van der Waals surface area contributed by atoms with Crippen molar-refractivity contribution in [1.82, 2.24) is 15.1 Å². The molecule has 9 nitrogen and oxygen atoms in total. The normalized spacial score (nSPS) is 13.5. The first kappa shape index (κ1) is 25.1. The molecule has 2 aromatic carbocycles. The van der Waals surface area contributed by atoms with E-state index < -0.39 is 11.5 Å². The van der Waals surface area contributed by atoms with E-state index in [4.69, 9.17) is 14.0 Å². The minimum Gasteiger partial charge on any atom is -0.465 e. The summed E-state index contributed by atoms with van der Waals surface area (Å²) in [6, 6.07) is 15.8. The number of aryl methyl sites for hydroxylation is 1. The van der Waals surface area contributed by atoms with Crippen LogP contribution >= 0.6 is 0 Å². The Morgan fingerprint density at radius 3 is 2.29 bits per heavy atom. The number of carbonyl (C=O) groups is 2. The maximum atomic E-state index is 12.4. The Hall–Kier alpha value is -4.53. The molecule has 4 aromatic rings. The molecule has 194 valence electrons. The van der Waals surface area contributed by atoms with E-state index in [0.29, 0.717) is 30.2 Å². The van der Waals surface area contributed by atoms with Crippen molar-refractivity contribution in [1.29, 1.82) is 0 Å². The van der Waals surface area contributed by atoms with Crippen LogP contribution in [0.2, 0.25) is 0 Å². The molecule has 5 rings (SSSR count). The molecule has 1 aliphatic rings. The van der Waals surface area contributed by atoms with Gasteiger partial charge < -0.3 is 14.0 Å². The van der Waals surface area contributed by atoms with Crippen LogP contribution in [0.3, 0.4) is 0 Å². The molecule has 0 bridgehead atoms. The Bertz CT molecular complexity index is 1410. The van der Waals surface area contributed by atoms with Crippen molar-refractivity contribution in [2.45, 2.75) is 38.5 Å². The second kappa shape index (κ2) is 10.8. The number of hydrogen-bond acceptors (Lipinski definition) is 8. The molecule has 0 aliphatic heterocycles. The van der Waals surface area contributed by atoms with Crippen molar-refractivity contribution in [3.05, 3.63) is 84.1 Å². The van der Waals surface area contributed by atoms with Gasteiger partial charge in [-0.2, -0.15) is 0 Å². The van der Waals surface area contributed by atoms with Crippen molar-refractivity contribution < 1.29 is 23.6 Å². The molecule has 1 saturated carbocycles. The largest absolute Gasteiger partial charge is 0.465 e. The van der Waals surface area contributed by atoms with E-state index in [1.807, 2.05) is 55.5 Å². The van der Waals surface area contributed by atoms with Gasteiger partial charge in [-0.3, -0.25) is 20.1 Å². The van der Waals surface area contributed by atoms with Crippen LogP contribution in [-0.2, 0) is 26.1 Å². The first-order chi connectivity index (χ1) is 18.5. The number of rotatable bonds is 9. The zero-order chi connectivity index (χ0) is 26.5. The average Bonchev–Trinajstić information content (AvgIpc) is 3.69. The highest BCUT2D eigenvalue weighted by molar-refractivity contribution is 5.91. The summed E-state index contributed by atoms with van der Waals surface area (Å²) in [5, 5.41) is 6.76. The third kappa shape index (κ3) is 5.27. The predicted octanol–water partition coefficient (Wildman–Crippen LogP) is 5.49. The fourth-order valence-corrected chi connectivity index (χ4v) is 4.36. The molecule has 0 spiro atoms. The van der Waals surface area contributed by atoms with Crippen molar-refractivity contribution in [2.75, 3.05) is 18.5 Å². The van der Waals surface area contributed by atoms with Gasteiger partial charge in [0.15, 0.2) is 5.76 Å². The Balaban J connectivity index is 1.24. The smallest absolute Gasteiger partial charge is 0.411 e. The van der Waals surface area contributed by atoms with E-state index in [0.717, 1.165) is 40.8 Å². The molecular weight excluding hydrogens is 484 g/mol. The molecule has 1 amide bonds. The number of amides is 1. The Morgan fingerprint density at radius 2 is 1.66 bits per heavy atom. The van der Waals surface area contributed by atoms with Gasteiger partial charge >= 0.3 is 12.1 Å². The number of aromatic nitrogens is 3. The maximum Gasteiger partial charge on any atom is 0.411 e. The molecule has 0 radical (unpaired) electrons. The van der Waals surface area contributed by atoms with Gasteiger partial charge in [0.1, 0.15) is 11.4 Å². The van der Waals surface area contributed by atoms with Gasteiger partial charge in [-0.1, -0.05) is 53.7 Å². The summed E-state index contributed by atoms with van der Waals surface area (Å²) < 4.78 is 16.1. The summed E-state index contributed by atoms with van der Waals surface area (Å²) in [4.78, 5) is 32.9. The summed E-state index contributed by atoms with van der Waals surface area (Å²) >= 11 is 0. The topological polar surface area (TPSA) is 116 Å². The molecular formula is C29H28N4O5. The lowest BCUT2D eigenvalue weighted by Crippen LogP contribution is -2.23. The summed E-state index contributed by atoms with van der Waals surface area (Å²) in [5.41, 5.74) is 5.05. The quantitative estimate of drug-likeness (QED) is 0.293. The highest BCUT2D eigenvalue weighted by Crippen LogP contribution is 2.49. The minimum absolute atomic E-state index is 0.141. The van der Waals surface area contributed by atoms with E-state index in [1.54, 1.807) is 25.5 Å². The van der Waals surface area contributed by atoms with Crippen LogP contribution in [0, 0.1) is 6.92 Å². The van der Waals surface area contributed by atoms with E-state index in [9.17, 15) is 9.59 Å². The number of hydrogen-bond donors (Lipinski definition) is 1. The molecule has 38 heavy (non-hydrogen) atoms. The van der Waals surface area contributed by atoms with E-state index in [2.05, 4.69) is 20.4 Å². The molecule has 2 heterocycles. The lowest BCUT2D eigenvalue weighted by atomic mass is 9.93. The van der Waals surface area contributed by atoms with Crippen LogP contribution in [0.1, 0.15) is 36.7 Å². The van der Waals surface area contributed by atoms with Crippen LogP contribution in [0.15, 0.2) is 71.6 Å². The number of ether oxygens (including phenoxy) is 2. The highest BCUT2D eigenvalue weighted by atomic mass is 16.5. The van der Waals surface area contributed by atoms with Gasteiger partial charge in [-0.05, 0) is 43.4 Å². The molecule has 0 unspecified atom stereocenters. The Kier molecular flexibility index (Phi) is 7.17. The van der Waals surface area contributed by atoms with Crippen LogP contribution in [0.5, 0.6) is 0 Å². The molecule has 1 N–H and O–H groups in total. The zero-order valence-corrected chi connectivity index (χ0v) is 21.3. The van der Waals surface area contributed by atoms with E-state index in [1.165, 1.54) is 0 Å². The van der Waals surface area contributed by atoms with Crippen molar-refractivity contribution >= 4 is 17.7 Å². The number of nitrogens with zero attached hydrogens (tertiary/aromatic N) is 3. The zero-order valence-electron chi connectivity index (χ0n) is 21.3. The second-order valence-corrected chi connectivity index (χ2v) is 9.14. The summed E-state index contributed by atoms with van der Waals surface area (Å²) in [7, 11) is 0. The molecule has 9 heteroatoms. The summed E-state index contributed by atoms with van der Waals surface area (Å²) in [6.07, 6.45) is 6.32. The third-order valence-electron chi connectivity index (χ3n) is 6.63. The van der Waals surface area contributed by atoms with Crippen LogP contribution in [-0.4, -0.2) is 40.4 Å². The Morgan fingerprint density at radius 1 is 0.974 bits per heavy atom. The van der Waals surface area contributed by atoms with Crippen LogP contribution < -0.4 is 5.32 Å². The molecule has 1 fully saturated rings. The summed E-state index contributed by atoms with van der Waals surface area (Å²) in [6.45, 7) is 4.13. The second-order valence-electron chi connectivity index (χ2n) is 9.14. The van der Waals surface area contributed by atoms with Crippen molar-refractivity contribution in [3.8, 4) is 22.5 Å². The summed E-state index contributed by atoms with van der Waals surface area (Å²) in [5.74, 6) is 0.304. The highest BCUT2D eigenvalue weighted by Gasteiger charge is 2.52. The fraction of sp³-hybridized carbons (Fsp3) is 0.276. The predicted molar refractivity (Wildman–Crippen MR) is 140 cm³/mol. The fourth-order valence-electron chi connectivity index (χ4n) is 4.36. The number of benzene rings is 2. The lowest BCUT2D eigenvalue weighted by Gasteiger charge is -2.14. The van der Waals surface area contributed by atoms with E-state index in [-0.39, 0.29) is 12.6 Å². The Labute approximate surface area is 220 Å². The molecule has 0 saturated heterocycles. The van der Waals surface area contributed by atoms with Gasteiger partial charge in [0, 0.05) is 30.6 Å². The van der Waals surface area contributed by atoms with Crippen LogP contribution in [0.25, 0.3) is 22.5 Å². The minimum atomic E-state index is -0.602. The SMILES string of the molecule is CCOC(=O)C1(c2ccc(-c3ccc(-c4onc(C)c4NC(=O)OCCc4cnccn4)cc3)cc2)CC1. The monoisotopic (exact) mass is 512 g/mol. The molecule has 2 aromatic heterocycles. The lowest BCUT2D eigenvalue weighted by molar-refractivity contribution is -0.146. The van der Waals surface area contributed by atoms with Gasteiger partial charge in [0.2, 0.25) is 0 Å². The first-order valence-corrected chi connectivity index (χ1v) is 12.5. The van der Waals surface area contributed by atoms with Crippen molar-refractivity contribution in [2.24, 2.45) is 0 Å². The number of esters is 1. The maximum absolute atomic E-state index is 12.4. The van der Waals surface area contributed by atoms with Gasteiger partial charge in [0.25, 0.3) is 0 Å². The van der Waals surface area contributed by atoms with Gasteiger partial charge in [0.05, 0.1) is 24.3 Å². The van der Waals surface area contributed by atoms with Crippen LogP contribution in [0.4, 0.5) is 10.5 Å². The molecule has 0 atom stereocenters. The standard InChI is InChI=1S/C29H28N4O5/c1-3-36-27(34)29(13-14-29)23-10-8-21(9-11-23)20-4-6-22(7-5-20)26-25(19(2)33-38-26)32-28(35)37-17-12-24-18-30-15-16-31-24/h4-11,15-16,18H,3,12-14,17H2,1-2H3,(H,32,35). The van der Waals surface area contributed by atoms with Crippen molar-refractivity contribution in [3.63, 3.8) is 0 Å². The van der Waals surface area contributed by atoms with Gasteiger partial charge in [-0.15, -0.1) is 0 Å². The number of nitrogens with one attached hydrogen (secondary N) is 1. The number of carbonyl (C=O) groups excluding carboxylic acids is 2. The van der Waals surface area contributed by atoms with E-state index >= 15 is 0 Å². The average molecular weight is 513 g/mol. The number of anilines is 1. The molecule has 1 aliphatic carbocycles.